The average molecular weight is 428 g/mol. The summed E-state index contributed by atoms with van der Waals surface area (Å²) < 4.78 is 2.26. The van der Waals surface area contributed by atoms with Gasteiger partial charge in [-0.1, -0.05) is 12.1 Å². The zero-order valence-corrected chi connectivity index (χ0v) is 15.4. The largest absolute Gasteiger partial charge is 0.353 e. The first-order valence-corrected chi connectivity index (χ1v) is 9.41. The van der Waals surface area contributed by atoms with Crippen LogP contribution in [0.4, 0.5) is 0 Å². The summed E-state index contributed by atoms with van der Waals surface area (Å²) in [5, 5.41) is 3.42. The summed E-state index contributed by atoms with van der Waals surface area (Å²) in [6.07, 6.45) is 3.23. The molecule has 1 aromatic carbocycles. The molecule has 5 heteroatoms. The Morgan fingerprint density at radius 3 is 2.67 bits per heavy atom. The van der Waals surface area contributed by atoms with E-state index in [0.717, 1.165) is 34.8 Å². The van der Waals surface area contributed by atoms with Crippen LogP contribution in [-0.2, 0) is 6.42 Å². The van der Waals surface area contributed by atoms with Gasteiger partial charge in [0.25, 0.3) is 0 Å². The maximum atomic E-state index is 5.64. The SMILES string of the molecule is NCCCCc1c(-c2sccc2Br)[nH]c2c(Br)cccc12. The van der Waals surface area contributed by atoms with E-state index in [1.807, 2.05) is 0 Å². The quantitative estimate of drug-likeness (QED) is 0.503. The third kappa shape index (κ3) is 2.97. The highest BCUT2D eigenvalue weighted by Gasteiger charge is 2.17. The Morgan fingerprint density at radius 1 is 1.10 bits per heavy atom. The average Bonchev–Trinajstić information content (AvgIpc) is 3.04. The Morgan fingerprint density at radius 2 is 1.95 bits per heavy atom. The second-order valence-corrected chi connectivity index (χ2v) is 7.61. The van der Waals surface area contributed by atoms with Crippen LogP contribution >= 0.6 is 43.2 Å². The van der Waals surface area contributed by atoms with E-state index in [1.165, 1.54) is 27.0 Å². The Bertz CT molecular complexity index is 761. The lowest BCUT2D eigenvalue weighted by Gasteiger charge is -2.04. The first kappa shape index (κ1) is 15.3. The van der Waals surface area contributed by atoms with Crippen LogP contribution in [0.15, 0.2) is 38.6 Å². The number of nitrogens with one attached hydrogen (secondary N) is 1. The topological polar surface area (TPSA) is 41.8 Å². The highest BCUT2D eigenvalue weighted by Crippen LogP contribution is 2.40. The van der Waals surface area contributed by atoms with Gasteiger partial charge in [0.15, 0.2) is 0 Å². The van der Waals surface area contributed by atoms with Crippen molar-refractivity contribution in [3.8, 4) is 10.6 Å². The summed E-state index contributed by atoms with van der Waals surface area (Å²) in [6, 6.07) is 8.47. The molecule has 3 N–H and O–H groups in total. The van der Waals surface area contributed by atoms with E-state index in [0.29, 0.717) is 0 Å². The molecule has 0 fully saturated rings. The maximum absolute atomic E-state index is 5.64. The number of rotatable bonds is 5. The molecule has 0 aliphatic heterocycles. The summed E-state index contributed by atoms with van der Waals surface area (Å²) >= 11 is 9.06. The number of unbranched alkanes of at least 4 members (excludes halogenated alkanes) is 1. The Balaban J connectivity index is 2.15. The number of thiophene rings is 1. The number of aryl methyl sites for hydroxylation is 1. The van der Waals surface area contributed by atoms with Gasteiger partial charge < -0.3 is 10.7 Å². The second kappa shape index (κ2) is 6.65. The lowest BCUT2D eigenvalue weighted by Crippen LogP contribution is -1.99. The van der Waals surface area contributed by atoms with Gasteiger partial charge in [-0.25, -0.2) is 0 Å². The van der Waals surface area contributed by atoms with Crippen molar-refractivity contribution in [3.05, 3.63) is 44.2 Å². The molecule has 0 bridgehead atoms. The molecule has 3 aromatic rings. The summed E-state index contributed by atoms with van der Waals surface area (Å²) in [5.74, 6) is 0. The number of para-hydroxylation sites is 1. The molecule has 0 aliphatic rings. The van der Waals surface area contributed by atoms with Crippen LogP contribution in [0.1, 0.15) is 18.4 Å². The molecule has 0 unspecified atom stereocenters. The Kier molecular flexibility index (Phi) is 4.84. The van der Waals surface area contributed by atoms with Gasteiger partial charge in [0, 0.05) is 14.3 Å². The monoisotopic (exact) mass is 426 g/mol. The minimum absolute atomic E-state index is 0.754. The highest BCUT2D eigenvalue weighted by molar-refractivity contribution is 9.11. The van der Waals surface area contributed by atoms with Gasteiger partial charge in [-0.2, -0.15) is 0 Å². The summed E-state index contributed by atoms with van der Waals surface area (Å²) in [6.45, 7) is 0.754. The molecule has 110 valence electrons. The number of hydrogen-bond acceptors (Lipinski definition) is 2. The minimum Gasteiger partial charge on any atom is -0.353 e. The van der Waals surface area contributed by atoms with Crippen LogP contribution in [0.25, 0.3) is 21.5 Å². The van der Waals surface area contributed by atoms with Crippen molar-refractivity contribution >= 4 is 54.1 Å². The fraction of sp³-hybridized carbons (Fsp3) is 0.250. The normalized spacial score (nSPS) is 11.4. The number of H-pyrrole nitrogens is 1. The van der Waals surface area contributed by atoms with Gasteiger partial charge in [-0.15, -0.1) is 11.3 Å². The number of halogens is 2. The van der Waals surface area contributed by atoms with Gasteiger partial charge in [0.1, 0.15) is 0 Å². The van der Waals surface area contributed by atoms with E-state index in [-0.39, 0.29) is 0 Å². The zero-order valence-electron chi connectivity index (χ0n) is 11.5. The second-order valence-electron chi connectivity index (χ2n) is 4.98. The van der Waals surface area contributed by atoms with Crippen molar-refractivity contribution in [2.45, 2.75) is 19.3 Å². The molecule has 2 heterocycles. The zero-order chi connectivity index (χ0) is 14.8. The van der Waals surface area contributed by atoms with E-state index in [9.17, 15) is 0 Å². The van der Waals surface area contributed by atoms with E-state index < -0.39 is 0 Å². The van der Waals surface area contributed by atoms with Gasteiger partial charge in [-0.3, -0.25) is 0 Å². The first-order chi connectivity index (χ1) is 10.2. The summed E-state index contributed by atoms with van der Waals surface area (Å²) in [4.78, 5) is 4.87. The molecular formula is C16H16Br2N2S. The molecule has 0 aliphatic carbocycles. The van der Waals surface area contributed by atoms with Crippen LogP contribution in [0.3, 0.4) is 0 Å². The number of aromatic nitrogens is 1. The lowest BCUT2D eigenvalue weighted by molar-refractivity contribution is 0.748. The van der Waals surface area contributed by atoms with Crippen molar-refractivity contribution in [2.24, 2.45) is 5.73 Å². The van der Waals surface area contributed by atoms with E-state index in [2.05, 4.69) is 66.5 Å². The van der Waals surface area contributed by atoms with Crippen molar-refractivity contribution < 1.29 is 0 Å². The van der Waals surface area contributed by atoms with Gasteiger partial charge >= 0.3 is 0 Å². The maximum Gasteiger partial charge on any atom is 0.0650 e. The predicted molar refractivity (Wildman–Crippen MR) is 99.0 cm³/mol. The number of hydrogen-bond donors (Lipinski definition) is 2. The standard InChI is InChI=1S/C16H16Br2N2S/c17-12-6-3-5-10-11(4-1-2-8-19)15(20-14(10)12)16-13(18)7-9-21-16/h3,5-7,9,20H,1-2,4,8,19H2. The molecule has 2 aromatic heterocycles. The molecule has 0 saturated heterocycles. The molecular weight excluding hydrogens is 412 g/mol. The van der Waals surface area contributed by atoms with Crippen molar-refractivity contribution in [3.63, 3.8) is 0 Å². The fourth-order valence-electron chi connectivity index (χ4n) is 2.61. The summed E-state index contributed by atoms with van der Waals surface area (Å²) in [5.41, 5.74) is 9.44. The van der Waals surface area contributed by atoms with Gasteiger partial charge in [0.2, 0.25) is 0 Å². The van der Waals surface area contributed by atoms with Gasteiger partial charge in [-0.05, 0) is 80.7 Å². The molecule has 0 spiro atoms. The fourth-order valence-corrected chi connectivity index (χ4v) is 4.67. The van der Waals surface area contributed by atoms with Crippen LogP contribution in [0.5, 0.6) is 0 Å². The Labute approximate surface area is 145 Å². The molecule has 0 amide bonds. The molecule has 0 atom stereocenters. The molecule has 3 rings (SSSR count). The first-order valence-electron chi connectivity index (χ1n) is 6.95. The van der Waals surface area contributed by atoms with E-state index in [1.54, 1.807) is 11.3 Å². The molecule has 0 saturated carbocycles. The van der Waals surface area contributed by atoms with Crippen LogP contribution in [0.2, 0.25) is 0 Å². The lowest BCUT2D eigenvalue weighted by atomic mass is 10.0. The summed E-state index contributed by atoms with van der Waals surface area (Å²) in [7, 11) is 0. The molecule has 0 radical (unpaired) electrons. The van der Waals surface area contributed by atoms with Crippen molar-refractivity contribution in [1.29, 1.82) is 0 Å². The van der Waals surface area contributed by atoms with Crippen LogP contribution in [0, 0.1) is 0 Å². The minimum atomic E-state index is 0.754. The van der Waals surface area contributed by atoms with E-state index >= 15 is 0 Å². The Hall–Kier alpha value is -0.620. The number of benzene rings is 1. The third-order valence-corrected chi connectivity index (χ3v) is 6.13. The van der Waals surface area contributed by atoms with Crippen molar-refractivity contribution in [1.82, 2.24) is 4.98 Å². The van der Waals surface area contributed by atoms with E-state index in [4.69, 9.17) is 5.73 Å². The van der Waals surface area contributed by atoms with Crippen LogP contribution in [-0.4, -0.2) is 11.5 Å². The van der Waals surface area contributed by atoms with Gasteiger partial charge in [0.05, 0.1) is 16.1 Å². The molecule has 21 heavy (non-hydrogen) atoms. The molecule has 2 nitrogen and oxygen atoms in total. The number of aromatic amines is 1. The van der Waals surface area contributed by atoms with Crippen LogP contribution < -0.4 is 5.73 Å². The van der Waals surface area contributed by atoms with Crippen molar-refractivity contribution in [2.75, 3.05) is 6.54 Å². The smallest absolute Gasteiger partial charge is 0.0650 e. The predicted octanol–water partition coefficient (Wildman–Crippen LogP) is 5.70. The highest BCUT2D eigenvalue weighted by atomic mass is 79.9. The third-order valence-electron chi connectivity index (χ3n) is 3.62. The number of nitrogens with two attached hydrogens (primary N) is 1. The number of fused-ring (bicyclic) bond motifs is 1.